The summed E-state index contributed by atoms with van der Waals surface area (Å²) in [5, 5.41) is 3.09. The summed E-state index contributed by atoms with van der Waals surface area (Å²) in [6, 6.07) is 5.85. The Kier molecular flexibility index (Phi) is 4.74. The van der Waals surface area contributed by atoms with Gasteiger partial charge in [-0.05, 0) is 24.6 Å². The molecule has 1 aromatic heterocycles. The van der Waals surface area contributed by atoms with E-state index in [4.69, 9.17) is 0 Å². The number of alkyl halides is 3. The van der Waals surface area contributed by atoms with Crippen LogP contribution in [0.2, 0.25) is 0 Å². The van der Waals surface area contributed by atoms with Crippen molar-refractivity contribution in [2.45, 2.75) is 26.4 Å². The van der Waals surface area contributed by atoms with Crippen LogP contribution in [-0.2, 0) is 13.1 Å². The van der Waals surface area contributed by atoms with Crippen LogP contribution in [0.1, 0.15) is 17.0 Å². The second-order valence-corrected chi connectivity index (χ2v) is 4.45. The highest BCUT2D eigenvalue weighted by molar-refractivity contribution is 5.28. The average molecular weight is 297 g/mol. The van der Waals surface area contributed by atoms with Crippen molar-refractivity contribution < 1.29 is 17.9 Å². The molecule has 2 aromatic rings. The van der Waals surface area contributed by atoms with Crippen molar-refractivity contribution in [3.05, 3.63) is 53.6 Å². The molecule has 0 saturated carbocycles. The fourth-order valence-corrected chi connectivity index (χ4v) is 1.70. The molecular weight excluding hydrogens is 283 g/mol. The molecule has 1 N–H and O–H groups in total. The molecule has 1 heterocycles. The first-order valence-corrected chi connectivity index (χ1v) is 6.25. The maximum absolute atomic E-state index is 12.1. The summed E-state index contributed by atoms with van der Waals surface area (Å²) in [4.78, 5) is 8.29. The summed E-state index contributed by atoms with van der Waals surface area (Å²) >= 11 is 0. The lowest BCUT2D eigenvalue weighted by molar-refractivity contribution is -0.274. The molecule has 0 bridgehead atoms. The third kappa shape index (κ3) is 5.39. The van der Waals surface area contributed by atoms with E-state index < -0.39 is 6.36 Å². The Balaban J connectivity index is 1.88. The lowest BCUT2D eigenvalue weighted by Gasteiger charge is -2.10. The number of aryl methyl sites for hydroxylation is 1. The van der Waals surface area contributed by atoms with E-state index in [0.717, 1.165) is 11.4 Å². The number of hydrogen-bond acceptors (Lipinski definition) is 4. The van der Waals surface area contributed by atoms with Crippen molar-refractivity contribution in [3.63, 3.8) is 0 Å². The van der Waals surface area contributed by atoms with Gasteiger partial charge >= 0.3 is 6.36 Å². The molecule has 0 saturated heterocycles. The average Bonchev–Trinajstić information content (AvgIpc) is 2.39. The van der Waals surface area contributed by atoms with E-state index in [1.807, 2.05) is 6.92 Å². The molecule has 7 heteroatoms. The van der Waals surface area contributed by atoms with Crippen molar-refractivity contribution in [3.8, 4) is 5.75 Å². The molecular formula is C14H14F3N3O. The van der Waals surface area contributed by atoms with E-state index in [1.54, 1.807) is 18.5 Å². The van der Waals surface area contributed by atoms with Crippen molar-refractivity contribution >= 4 is 0 Å². The third-order valence-corrected chi connectivity index (χ3v) is 2.60. The number of benzene rings is 1. The molecule has 0 atom stereocenters. The molecule has 0 aliphatic rings. The standard InChI is InChI=1S/C14H14F3N3O/c1-10-6-20-12(9-19-10)8-18-7-11-3-2-4-13(5-11)21-14(15,16)17/h2-6,9,18H,7-8H2,1H3. The fraction of sp³-hybridized carbons (Fsp3) is 0.286. The Bertz CT molecular complexity index is 585. The van der Waals surface area contributed by atoms with Gasteiger partial charge in [0.05, 0.1) is 11.4 Å². The summed E-state index contributed by atoms with van der Waals surface area (Å²) in [5.74, 6) is -0.225. The van der Waals surface area contributed by atoms with Gasteiger partial charge < -0.3 is 10.1 Å². The van der Waals surface area contributed by atoms with E-state index in [0.29, 0.717) is 18.7 Å². The minimum atomic E-state index is -4.68. The van der Waals surface area contributed by atoms with Crippen LogP contribution in [0.4, 0.5) is 13.2 Å². The zero-order valence-electron chi connectivity index (χ0n) is 11.3. The van der Waals surface area contributed by atoms with Crippen molar-refractivity contribution in [1.82, 2.24) is 15.3 Å². The van der Waals surface area contributed by atoms with E-state index in [1.165, 1.54) is 18.2 Å². The number of nitrogens with one attached hydrogen (secondary N) is 1. The minimum Gasteiger partial charge on any atom is -0.406 e. The van der Waals surface area contributed by atoms with Gasteiger partial charge in [-0.25, -0.2) is 0 Å². The molecule has 1 aromatic carbocycles. The van der Waals surface area contributed by atoms with Gasteiger partial charge in [0.1, 0.15) is 5.75 Å². The van der Waals surface area contributed by atoms with Crippen molar-refractivity contribution in [1.29, 1.82) is 0 Å². The van der Waals surface area contributed by atoms with Crippen LogP contribution in [0.25, 0.3) is 0 Å². The van der Waals surface area contributed by atoms with Crippen LogP contribution in [0.15, 0.2) is 36.7 Å². The number of nitrogens with zero attached hydrogens (tertiary/aromatic N) is 2. The van der Waals surface area contributed by atoms with Crippen LogP contribution >= 0.6 is 0 Å². The first-order chi connectivity index (χ1) is 9.92. The summed E-state index contributed by atoms with van der Waals surface area (Å²) in [5.41, 5.74) is 2.29. The minimum absolute atomic E-state index is 0.225. The molecule has 0 radical (unpaired) electrons. The quantitative estimate of drug-likeness (QED) is 0.921. The van der Waals surface area contributed by atoms with Crippen LogP contribution < -0.4 is 10.1 Å². The van der Waals surface area contributed by atoms with Gasteiger partial charge in [-0.2, -0.15) is 0 Å². The van der Waals surface area contributed by atoms with Crippen LogP contribution in [0.5, 0.6) is 5.75 Å². The van der Waals surface area contributed by atoms with E-state index in [-0.39, 0.29) is 5.75 Å². The zero-order valence-corrected chi connectivity index (χ0v) is 11.3. The summed E-state index contributed by atoms with van der Waals surface area (Å²) in [6.07, 6.45) is -1.36. The smallest absolute Gasteiger partial charge is 0.406 e. The lowest BCUT2D eigenvalue weighted by atomic mass is 10.2. The first-order valence-electron chi connectivity index (χ1n) is 6.25. The molecule has 0 fully saturated rings. The van der Waals surface area contributed by atoms with Crippen LogP contribution in [0, 0.1) is 6.92 Å². The molecule has 0 aliphatic carbocycles. The van der Waals surface area contributed by atoms with Gasteiger partial charge in [-0.15, -0.1) is 13.2 Å². The second-order valence-electron chi connectivity index (χ2n) is 4.45. The highest BCUT2D eigenvalue weighted by Gasteiger charge is 2.31. The molecule has 0 amide bonds. The van der Waals surface area contributed by atoms with Gasteiger partial charge in [0, 0.05) is 25.5 Å². The third-order valence-electron chi connectivity index (χ3n) is 2.60. The predicted octanol–water partition coefficient (Wildman–Crippen LogP) is 2.97. The van der Waals surface area contributed by atoms with E-state index in [2.05, 4.69) is 20.0 Å². The van der Waals surface area contributed by atoms with Crippen molar-refractivity contribution in [2.75, 3.05) is 0 Å². The molecule has 2 rings (SSSR count). The normalized spacial score (nSPS) is 11.4. The van der Waals surface area contributed by atoms with Crippen LogP contribution in [-0.4, -0.2) is 16.3 Å². The summed E-state index contributed by atoms with van der Waals surface area (Å²) < 4.78 is 40.2. The van der Waals surface area contributed by atoms with Gasteiger partial charge in [-0.1, -0.05) is 12.1 Å². The fourth-order valence-electron chi connectivity index (χ4n) is 1.70. The summed E-state index contributed by atoms with van der Waals surface area (Å²) in [6.45, 7) is 2.73. The van der Waals surface area contributed by atoms with Crippen LogP contribution in [0.3, 0.4) is 0 Å². The number of halogens is 3. The Morgan fingerprint density at radius 3 is 2.62 bits per heavy atom. The SMILES string of the molecule is Cc1cnc(CNCc2cccc(OC(F)(F)F)c2)cn1. The maximum atomic E-state index is 12.1. The lowest BCUT2D eigenvalue weighted by Crippen LogP contribution is -2.18. The maximum Gasteiger partial charge on any atom is 0.573 e. The Labute approximate surface area is 120 Å². The highest BCUT2D eigenvalue weighted by atomic mass is 19.4. The second kappa shape index (κ2) is 6.53. The topological polar surface area (TPSA) is 47.0 Å². The number of ether oxygens (including phenoxy) is 1. The van der Waals surface area contributed by atoms with Gasteiger partial charge in [0.25, 0.3) is 0 Å². The summed E-state index contributed by atoms with van der Waals surface area (Å²) in [7, 11) is 0. The van der Waals surface area contributed by atoms with Gasteiger partial charge in [0.15, 0.2) is 0 Å². The van der Waals surface area contributed by atoms with Gasteiger partial charge in [0.2, 0.25) is 0 Å². The number of rotatable bonds is 5. The molecule has 0 unspecified atom stereocenters. The molecule has 4 nitrogen and oxygen atoms in total. The predicted molar refractivity (Wildman–Crippen MR) is 70.4 cm³/mol. The monoisotopic (exact) mass is 297 g/mol. The van der Waals surface area contributed by atoms with Crippen molar-refractivity contribution in [2.24, 2.45) is 0 Å². The van der Waals surface area contributed by atoms with E-state index in [9.17, 15) is 13.2 Å². The number of hydrogen-bond donors (Lipinski definition) is 1. The molecule has 21 heavy (non-hydrogen) atoms. The first kappa shape index (κ1) is 15.2. The zero-order chi connectivity index (χ0) is 15.3. The van der Waals surface area contributed by atoms with E-state index >= 15 is 0 Å². The highest BCUT2D eigenvalue weighted by Crippen LogP contribution is 2.23. The Morgan fingerprint density at radius 1 is 1.14 bits per heavy atom. The molecule has 0 spiro atoms. The number of aromatic nitrogens is 2. The Hall–Kier alpha value is -2.15. The molecule has 112 valence electrons. The van der Waals surface area contributed by atoms with Gasteiger partial charge in [-0.3, -0.25) is 9.97 Å². The largest absolute Gasteiger partial charge is 0.573 e. The Morgan fingerprint density at radius 2 is 1.95 bits per heavy atom. The molecule has 0 aliphatic heterocycles.